The fourth-order valence-electron chi connectivity index (χ4n) is 5.21. The molecule has 0 aliphatic carbocycles. The van der Waals surface area contributed by atoms with Crippen molar-refractivity contribution in [3.05, 3.63) is 100 Å². The molecule has 0 unspecified atom stereocenters. The number of aromatic nitrogens is 2. The second-order valence-corrected chi connectivity index (χ2v) is 12.5. The van der Waals surface area contributed by atoms with E-state index in [0.717, 1.165) is 39.2 Å². The first kappa shape index (κ1) is 27.8. The Morgan fingerprint density at radius 2 is 1.85 bits per heavy atom. The normalized spacial score (nSPS) is 15.6. The van der Waals surface area contributed by atoms with Crippen LogP contribution in [0.1, 0.15) is 65.3 Å². The van der Waals surface area contributed by atoms with Crippen molar-refractivity contribution in [3.63, 3.8) is 0 Å². The van der Waals surface area contributed by atoms with Crippen molar-refractivity contribution in [2.45, 2.75) is 58.8 Å². The van der Waals surface area contributed by atoms with Gasteiger partial charge >= 0.3 is 0 Å². The molecule has 0 bridgehead atoms. The number of nitrogens with zero attached hydrogens (tertiary/aromatic N) is 3. The number of aryl methyl sites for hydroxylation is 3. The molecular weight excluding hydrogens is 520 g/mol. The molecule has 2 amide bonds. The summed E-state index contributed by atoms with van der Waals surface area (Å²) in [5.41, 5.74) is 6.98. The van der Waals surface area contributed by atoms with E-state index in [1.54, 1.807) is 29.0 Å². The van der Waals surface area contributed by atoms with Crippen LogP contribution in [0, 0.1) is 20.8 Å². The van der Waals surface area contributed by atoms with Crippen molar-refractivity contribution < 1.29 is 14.0 Å². The van der Waals surface area contributed by atoms with Gasteiger partial charge in [0.1, 0.15) is 18.1 Å². The van der Waals surface area contributed by atoms with E-state index in [1.807, 2.05) is 28.9 Å². The van der Waals surface area contributed by atoms with Gasteiger partial charge < -0.3 is 9.73 Å². The molecule has 0 radical (unpaired) electrons. The number of rotatable bonds is 6. The number of furan rings is 1. The monoisotopic (exact) mass is 556 g/mol. The third-order valence-corrected chi connectivity index (χ3v) is 8.43. The highest BCUT2D eigenvalue weighted by Crippen LogP contribution is 2.49. The van der Waals surface area contributed by atoms with Crippen molar-refractivity contribution in [1.29, 1.82) is 0 Å². The number of hydrogen-bond acceptors (Lipinski definition) is 5. The number of amides is 2. The zero-order chi connectivity index (χ0) is 28.6. The average molecular weight is 557 g/mol. The van der Waals surface area contributed by atoms with Crippen LogP contribution in [0.15, 0.2) is 65.3 Å². The van der Waals surface area contributed by atoms with E-state index in [2.05, 4.69) is 71.1 Å². The number of nitrogens with one attached hydrogen (secondary N) is 1. The standard InChI is InChI=1S/C32H36N4O3S/c1-20-13-14-25(22(3)16-20)36-31-28(30(34-36)32(4,5)6)29(24-12-8-7-10-21(24)2)40-19-27(38)35(31)18-26(37)33-17-23-11-9-15-39-23/h7-16,29H,17-19H2,1-6H3,(H,33,37)/t29-/m0/s1. The summed E-state index contributed by atoms with van der Waals surface area (Å²) in [6.07, 6.45) is 1.57. The second-order valence-electron chi connectivity index (χ2n) is 11.4. The van der Waals surface area contributed by atoms with Gasteiger partial charge in [-0.2, -0.15) is 5.10 Å². The number of hydrogen-bond donors (Lipinski definition) is 1. The molecule has 40 heavy (non-hydrogen) atoms. The molecule has 1 aliphatic rings. The maximum absolute atomic E-state index is 13.9. The largest absolute Gasteiger partial charge is 0.467 e. The van der Waals surface area contributed by atoms with E-state index in [4.69, 9.17) is 9.52 Å². The van der Waals surface area contributed by atoms with Crippen LogP contribution in [-0.2, 0) is 21.5 Å². The Kier molecular flexibility index (Phi) is 7.64. The number of carbonyl (C=O) groups excluding carboxylic acids is 2. The fraction of sp³-hybridized carbons (Fsp3) is 0.344. The summed E-state index contributed by atoms with van der Waals surface area (Å²) in [7, 11) is 0. The van der Waals surface area contributed by atoms with Gasteiger partial charge in [0.25, 0.3) is 0 Å². The molecule has 7 nitrogen and oxygen atoms in total. The molecule has 1 atom stereocenters. The minimum atomic E-state index is -0.309. The van der Waals surface area contributed by atoms with Gasteiger partial charge in [0, 0.05) is 11.0 Å². The van der Waals surface area contributed by atoms with Crippen LogP contribution >= 0.6 is 11.8 Å². The highest BCUT2D eigenvalue weighted by molar-refractivity contribution is 8.00. The topological polar surface area (TPSA) is 80.4 Å². The van der Waals surface area contributed by atoms with Crippen molar-refractivity contribution in [2.75, 3.05) is 17.2 Å². The maximum atomic E-state index is 13.9. The SMILES string of the molecule is Cc1ccc(-n2nc(C(C)(C)C)c3c2N(CC(=O)NCc2ccco2)C(=O)CS[C@H]3c2ccccc2C)c(C)c1. The molecule has 5 rings (SSSR count). The van der Waals surface area contributed by atoms with Gasteiger partial charge in [-0.25, -0.2) is 4.68 Å². The Morgan fingerprint density at radius 3 is 2.52 bits per heavy atom. The van der Waals surface area contributed by atoms with Gasteiger partial charge in [-0.15, -0.1) is 11.8 Å². The van der Waals surface area contributed by atoms with Crippen LogP contribution in [-0.4, -0.2) is 33.9 Å². The lowest BCUT2D eigenvalue weighted by Crippen LogP contribution is -2.42. The Labute approximate surface area is 239 Å². The Bertz CT molecular complexity index is 1550. The summed E-state index contributed by atoms with van der Waals surface area (Å²) in [6, 6.07) is 18.1. The molecule has 2 aromatic heterocycles. The molecule has 0 saturated carbocycles. The number of thioether (sulfide) groups is 1. The predicted octanol–water partition coefficient (Wildman–Crippen LogP) is 6.17. The number of anilines is 1. The van der Waals surface area contributed by atoms with Crippen LogP contribution in [0.3, 0.4) is 0 Å². The van der Waals surface area contributed by atoms with Crippen LogP contribution in [0.4, 0.5) is 5.82 Å². The lowest BCUT2D eigenvalue weighted by molar-refractivity contribution is -0.123. The molecule has 2 aromatic carbocycles. The van der Waals surface area contributed by atoms with Crippen LogP contribution in [0.25, 0.3) is 5.69 Å². The van der Waals surface area contributed by atoms with Gasteiger partial charge in [0.2, 0.25) is 11.8 Å². The quantitative estimate of drug-likeness (QED) is 0.307. The first-order valence-electron chi connectivity index (χ1n) is 13.5. The molecule has 1 aliphatic heterocycles. The lowest BCUT2D eigenvalue weighted by atomic mass is 9.86. The van der Waals surface area contributed by atoms with E-state index < -0.39 is 0 Å². The highest BCUT2D eigenvalue weighted by Gasteiger charge is 2.40. The number of fused-ring (bicyclic) bond motifs is 1. The van der Waals surface area contributed by atoms with Gasteiger partial charge in [-0.05, 0) is 55.7 Å². The lowest BCUT2D eigenvalue weighted by Gasteiger charge is -2.25. The van der Waals surface area contributed by atoms with Gasteiger partial charge in [-0.1, -0.05) is 62.7 Å². The van der Waals surface area contributed by atoms with Crippen molar-refractivity contribution in [3.8, 4) is 5.69 Å². The van der Waals surface area contributed by atoms with E-state index in [1.165, 1.54) is 0 Å². The molecule has 3 heterocycles. The Morgan fingerprint density at radius 1 is 1.07 bits per heavy atom. The molecule has 4 aromatic rings. The molecule has 1 N–H and O–H groups in total. The van der Waals surface area contributed by atoms with Gasteiger partial charge in [0.05, 0.1) is 35.2 Å². The highest BCUT2D eigenvalue weighted by atomic mass is 32.2. The van der Waals surface area contributed by atoms with E-state index in [-0.39, 0.29) is 41.3 Å². The summed E-state index contributed by atoms with van der Waals surface area (Å²) in [5, 5.41) is 8.00. The zero-order valence-corrected chi connectivity index (χ0v) is 24.8. The first-order valence-corrected chi connectivity index (χ1v) is 14.6. The van der Waals surface area contributed by atoms with Crippen LogP contribution in [0.2, 0.25) is 0 Å². The average Bonchev–Trinajstić information content (AvgIpc) is 3.53. The molecule has 0 saturated heterocycles. The van der Waals surface area contributed by atoms with E-state index in [0.29, 0.717) is 11.6 Å². The van der Waals surface area contributed by atoms with E-state index >= 15 is 0 Å². The van der Waals surface area contributed by atoms with Crippen molar-refractivity contribution in [1.82, 2.24) is 15.1 Å². The van der Waals surface area contributed by atoms with Crippen LogP contribution in [0.5, 0.6) is 0 Å². The summed E-state index contributed by atoms with van der Waals surface area (Å²) >= 11 is 1.60. The third kappa shape index (κ3) is 5.45. The summed E-state index contributed by atoms with van der Waals surface area (Å²) in [5.74, 6) is 1.17. The predicted molar refractivity (Wildman–Crippen MR) is 160 cm³/mol. The fourth-order valence-corrected chi connectivity index (χ4v) is 6.50. The van der Waals surface area contributed by atoms with E-state index in [9.17, 15) is 9.59 Å². The molecule has 8 heteroatoms. The number of carbonyl (C=O) groups is 2. The Hall–Kier alpha value is -3.78. The molecule has 0 spiro atoms. The van der Waals surface area contributed by atoms with Crippen molar-refractivity contribution in [2.24, 2.45) is 0 Å². The van der Waals surface area contributed by atoms with Crippen molar-refractivity contribution >= 4 is 29.4 Å². The van der Waals surface area contributed by atoms with Gasteiger partial charge in [-0.3, -0.25) is 14.5 Å². The Balaban J connectivity index is 1.71. The zero-order valence-electron chi connectivity index (χ0n) is 23.9. The number of benzene rings is 2. The summed E-state index contributed by atoms with van der Waals surface area (Å²) < 4.78 is 7.26. The first-order chi connectivity index (χ1) is 19.0. The summed E-state index contributed by atoms with van der Waals surface area (Å²) in [6.45, 7) is 12.8. The smallest absolute Gasteiger partial charge is 0.240 e. The second kappa shape index (κ2) is 11.0. The third-order valence-electron chi connectivity index (χ3n) is 7.19. The molecule has 208 valence electrons. The minimum absolute atomic E-state index is 0.117. The summed E-state index contributed by atoms with van der Waals surface area (Å²) in [4.78, 5) is 28.7. The maximum Gasteiger partial charge on any atom is 0.240 e. The van der Waals surface area contributed by atoms with Gasteiger partial charge in [0.15, 0.2) is 0 Å². The van der Waals surface area contributed by atoms with Crippen LogP contribution < -0.4 is 10.2 Å². The molecular formula is C32H36N4O3S. The minimum Gasteiger partial charge on any atom is -0.467 e. The molecule has 0 fully saturated rings.